The molecule has 0 radical (unpaired) electrons. The Morgan fingerprint density at radius 1 is 1.07 bits per heavy atom. The van der Waals surface area contributed by atoms with Gasteiger partial charge in [-0.1, -0.05) is 39.0 Å². The molecule has 1 saturated heterocycles. The molecule has 0 aromatic heterocycles. The van der Waals surface area contributed by atoms with Crippen molar-refractivity contribution in [3.63, 3.8) is 0 Å². The van der Waals surface area contributed by atoms with Crippen LogP contribution in [0.4, 0.5) is 0 Å². The fourth-order valence-corrected chi connectivity index (χ4v) is 2.89. The minimum absolute atomic E-state index is 0.275. The first-order valence-corrected chi connectivity index (χ1v) is 5.96. The molecule has 1 aromatic rings. The first kappa shape index (κ1) is 9.41. The smallest absolute Gasteiger partial charge is 0.0329 e. The lowest BCUT2D eigenvalue weighted by Gasteiger charge is -2.22. The van der Waals surface area contributed by atoms with Crippen molar-refractivity contribution in [1.82, 2.24) is 5.32 Å². The van der Waals surface area contributed by atoms with Gasteiger partial charge in [-0.25, -0.2) is 0 Å². The topological polar surface area (TPSA) is 12.0 Å². The van der Waals surface area contributed by atoms with Gasteiger partial charge in [0.25, 0.3) is 0 Å². The molecule has 15 heavy (non-hydrogen) atoms. The Morgan fingerprint density at radius 2 is 1.73 bits per heavy atom. The van der Waals surface area contributed by atoms with E-state index in [1.54, 1.807) is 11.1 Å². The second-order valence-corrected chi connectivity index (χ2v) is 5.94. The molecule has 1 nitrogen and oxygen atoms in total. The molecule has 0 saturated carbocycles. The van der Waals surface area contributed by atoms with Gasteiger partial charge in [0.15, 0.2) is 0 Å². The van der Waals surface area contributed by atoms with Crippen molar-refractivity contribution in [2.75, 3.05) is 0 Å². The molecule has 1 heteroatoms. The molecule has 80 valence electrons. The van der Waals surface area contributed by atoms with Crippen molar-refractivity contribution in [2.45, 2.75) is 51.1 Å². The van der Waals surface area contributed by atoms with E-state index in [1.807, 2.05) is 0 Å². The average Bonchev–Trinajstić information content (AvgIpc) is 2.76. The van der Waals surface area contributed by atoms with Crippen molar-refractivity contribution in [3.8, 4) is 0 Å². The molecule has 0 amide bonds. The van der Waals surface area contributed by atoms with E-state index < -0.39 is 0 Å². The highest BCUT2D eigenvalue weighted by molar-refractivity contribution is 5.43. The third kappa shape index (κ3) is 1.33. The number of benzene rings is 1. The summed E-state index contributed by atoms with van der Waals surface area (Å²) >= 11 is 0. The number of hydrogen-bond donors (Lipinski definition) is 1. The van der Waals surface area contributed by atoms with E-state index in [9.17, 15) is 0 Å². The molecule has 3 rings (SSSR count). The van der Waals surface area contributed by atoms with Crippen LogP contribution in [0.15, 0.2) is 18.2 Å². The van der Waals surface area contributed by atoms with E-state index in [2.05, 4.69) is 44.3 Å². The van der Waals surface area contributed by atoms with Gasteiger partial charge in [0.2, 0.25) is 0 Å². The molecule has 2 atom stereocenters. The zero-order chi connectivity index (χ0) is 10.6. The quantitative estimate of drug-likeness (QED) is 0.677. The summed E-state index contributed by atoms with van der Waals surface area (Å²) < 4.78 is 0. The Balaban J connectivity index is 2.08. The molecule has 1 aromatic carbocycles. The summed E-state index contributed by atoms with van der Waals surface area (Å²) in [5, 5.41) is 3.67. The molecule has 2 unspecified atom stereocenters. The lowest BCUT2D eigenvalue weighted by atomic mass is 9.82. The molecule has 0 aliphatic carbocycles. The lowest BCUT2D eigenvalue weighted by molar-refractivity contribution is 0.586. The monoisotopic (exact) mass is 201 g/mol. The normalized spacial score (nSPS) is 28.2. The Labute approximate surface area is 91.9 Å². The molecule has 2 aliphatic heterocycles. The molecule has 2 aliphatic rings. The minimum Gasteiger partial charge on any atom is -0.303 e. The van der Waals surface area contributed by atoms with Gasteiger partial charge in [0.1, 0.15) is 0 Å². The third-order valence-corrected chi connectivity index (χ3v) is 3.85. The average molecular weight is 201 g/mol. The Morgan fingerprint density at radius 3 is 2.40 bits per heavy atom. The number of hydrogen-bond acceptors (Lipinski definition) is 1. The standard InChI is InChI=1S/C14H19N/c1-14(2,3)9-4-5-10-11(8-9)13-7-6-12(10)15-13/h4-5,8,12-13,15H,6-7H2,1-3H3. The summed E-state index contributed by atoms with van der Waals surface area (Å²) in [4.78, 5) is 0. The van der Waals surface area contributed by atoms with Crippen LogP contribution in [-0.4, -0.2) is 0 Å². The molecule has 0 spiro atoms. The maximum absolute atomic E-state index is 3.67. The zero-order valence-electron chi connectivity index (χ0n) is 9.80. The van der Waals surface area contributed by atoms with Gasteiger partial charge in [-0.3, -0.25) is 0 Å². The maximum atomic E-state index is 3.67. The predicted octanol–water partition coefficient (Wildman–Crippen LogP) is 3.46. The van der Waals surface area contributed by atoms with Gasteiger partial charge >= 0.3 is 0 Å². The molecule has 1 N–H and O–H groups in total. The highest BCUT2D eigenvalue weighted by Crippen LogP contribution is 2.45. The Kier molecular flexibility index (Phi) is 1.79. The number of rotatable bonds is 0. The SMILES string of the molecule is CC(C)(C)c1ccc2c(c1)C1CCC2N1. The van der Waals surface area contributed by atoms with Crippen LogP contribution in [-0.2, 0) is 5.41 Å². The van der Waals surface area contributed by atoms with Crippen LogP contribution in [0.5, 0.6) is 0 Å². The van der Waals surface area contributed by atoms with Crippen LogP contribution in [0, 0.1) is 0 Å². The van der Waals surface area contributed by atoms with Crippen molar-refractivity contribution in [2.24, 2.45) is 0 Å². The van der Waals surface area contributed by atoms with Crippen molar-refractivity contribution in [3.05, 3.63) is 34.9 Å². The van der Waals surface area contributed by atoms with Crippen LogP contribution < -0.4 is 5.32 Å². The third-order valence-electron chi connectivity index (χ3n) is 3.85. The van der Waals surface area contributed by atoms with Gasteiger partial charge in [-0.05, 0) is 34.9 Å². The summed E-state index contributed by atoms with van der Waals surface area (Å²) in [5.74, 6) is 0. The van der Waals surface area contributed by atoms with E-state index >= 15 is 0 Å². The van der Waals surface area contributed by atoms with Gasteiger partial charge < -0.3 is 5.32 Å². The van der Waals surface area contributed by atoms with Gasteiger partial charge in [-0.15, -0.1) is 0 Å². The fourth-order valence-electron chi connectivity index (χ4n) is 2.89. The fraction of sp³-hybridized carbons (Fsp3) is 0.571. The van der Waals surface area contributed by atoms with E-state index in [4.69, 9.17) is 0 Å². The molecule has 2 heterocycles. The predicted molar refractivity (Wildman–Crippen MR) is 63.0 cm³/mol. The summed E-state index contributed by atoms with van der Waals surface area (Å²) in [6.45, 7) is 6.86. The number of nitrogens with one attached hydrogen (secondary N) is 1. The second-order valence-electron chi connectivity index (χ2n) is 5.94. The van der Waals surface area contributed by atoms with E-state index in [0.717, 1.165) is 0 Å². The van der Waals surface area contributed by atoms with Gasteiger partial charge in [0.05, 0.1) is 0 Å². The van der Waals surface area contributed by atoms with Crippen LogP contribution >= 0.6 is 0 Å². The van der Waals surface area contributed by atoms with E-state index in [0.29, 0.717) is 12.1 Å². The van der Waals surface area contributed by atoms with Crippen molar-refractivity contribution >= 4 is 0 Å². The molecule has 1 fully saturated rings. The highest BCUT2D eigenvalue weighted by Gasteiger charge is 2.36. The van der Waals surface area contributed by atoms with Crippen LogP contribution in [0.2, 0.25) is 0 Å². The largest absolute Gasteiger partial charge is 0.303 e. The highest BCUT2D eigenvalue weighted by atomic mass is 15.0. The van der Waals surface area contributed by atoms with Crippen LogP contribution in [0.25, 0.3) is 0 Å². The summed E-state index contributed by atoms with van der Waals surface area (Å²) in [6, 6.07) is 8.37. The first-order valence-electron chi connectivity index (χ1n) is 5.96. The maximum Gasteiger partial charge on any atom is 0.0329 e. The Bertz CT molecular complexity index is 400. The van der Waals surface area contributed by atoms with Crippen LogP contribution in [0.3, 0.4) is 0 Å². The summed E-state index contributed by atoms with van der Waals surface area (Å²) in [6.07, 6.45) is 2.65. The van der Waals surface area contributed by atoms with Crippen molar-refractivity contribution in [1.29, 1.82) is 0 Å². The van der Waals surface area contributed by atoms with E-state index in [-0.39, 0.29) is 5.41 Å². The number of fused-ring (bicyclic) bond motifs is 5. The van der Waals surface area contributed by atoms with Crippen molar-refractivity contribution < 1.29 is 0 Å². The van der Waals surface area contributed by atoms with E-state index in [1.165, 1.54) is 18.4 Å². The summed E-state index contributed by atoms with van der Waals surface area (Å²) in [5.41, 5.74) is 4.87. The molecule has 2 bridgehead atoms. The molecular formula is C14H19N. The van der Waals surface area contributed by atoms with Crippen LogP contribution in [0.1, 0.15) is 62.4 Å². The van der Waals surface area contributed by atoms with Gasteiger partial charge in [-0.2, -0.15) is 0 Å². The zero-order valence-corrected chi connectivity index (χ0v) is 9.80. The van der Waals surface area contributed by atoms with Gasteiger partial charge in [0, 0.05) is 12.1 Å². The Hall–Kier alpha value is -0.820. The minimum atomic E-state index is 0.275. The first-order chi connectivity index (χ1) is 7.05. The summed E-state index contributed by atoms with van der Waals surface area (Å²) in [7, 11) is 0. The second kappa shape index (κ2) is 2.85. The lowest BCUT2D eigenvalue weighted by Crippen LogP contribution is -2.12. The molecular weight excluding hydrogens is 182 g/mol.